The SMILES string of the molecule is CC1CCC2C(C)(C)C(=O)C(NS(C)(=O)=O)CC23OC2C(CC13C)C(O)CC1C(=O)NC(O)C12. The van der Waals surface area contributed by atoms with Gasteiger partial charge in [-0.25, -0.2) is 13.1 Å². The van der Waals surface area contributed by atoms with Crippen molar-refractivity contribution in [2.24, 2.45) is 40.4 Å². The Hall–Kier alpha value is -1.07. The molecule has 2 aliphatic heterocycles. The largest absolute Gasteiger partial charge is 0.393 e. The van der Waals surface area contributed by atoms with Gasteiger partial charge in [-0.1, -0.05) is 27.7 Å². The van der Waals surface area contributed by atoms with Crippen LogP contribution in [0.4, 0.5) is 0 Å². The molecule has 2 saturated heterocycles. The number of fused-ring (bicyclic) bond motifs is 3. The predicted octanol–water partition coefficient (Wildman–Crippen LogP) is 0.545. The van der Waals surface area contributed by atoms with Crippen molar-refractivity contribution in [3.8, 4) is 0 Å². The Kier molecular flexibility index (Phi) is 5.41. The number of ketones is 1. The van der Waals surface area contributed by atoms with Crippen molar-refractivity contribution in [3.05, 3.63) is 0 Å². The van der Waals surface area contributed by atoms with Crippen LogP contribution in [0.3, 0.4) is 0 Å². The zero-order chi connectivity index (χ0) is 25.0. The summed E-state index contributed by atoms with van der Waals surface area (Å²) >= 11 is 0. The Balaban J connectivity index is 1.64. The summed E-state index contributed by atoms with van der Waals surface area (Å²) in [5.74, 6) is -1.58. The number of hydrogen-bond acceptors (Lipinski definition) is 7. The Morgan fingerprint density at radius 3 is 2.44 bits per heavy atom. The van der Waals surface area contributed by atoms with Gasteiger partial charge in [0.15, 0.2) is 5.78 Å². The molecule has 1 spiro atoms. The van der Waals surface area contributed by atoms with E-state index in [1.807, 2.05) is 13.8 Å². The monoisotopic (exact) mass is 498 g/mol. The molecule has 0 radical (unpaired) electrons. The maximum absolute atomic E-state index is 13.5. The molecule has 1 amide bonds. The van der Waals surface area contributed by atoms with Gasteiger partial charge in [0.2, 0.25) is 15.9 Å². The van der Waals surface area contributed by atoms with E-state index in [-0.39, 0.29) is 35.9 Å². The fraction of sp³-hybridized carbons (Fsp3) is 0.917. The van der Waals surface area contributed by atoms with E-state index in [1.54, 1.807) is 0 Å². The minimum absolute atomic E-state index is 0.129. The highest BCUT2D eigenvalue weighted by atomic mass is 32.2. The first-order chi connectivity index (χ1) is 15.6. The Bertz CT molecular complexity index is 1010. The Morgan fingerprint density at radius 1 is 1.12 bits per heavy atom. The average molecular weight is 499 g/mol. The Morgan fingerprint density at radius 2 is 1.79 bits per heavy atom. The van der Waals surface area contributed by atoms with E-state index in [9.17, 15) is 28.2 Å². The van der Waals surface area contributed by atoms with Crippen molar-refractivity contribution in [2.75, 3.05) is 6.26 Å². The summed E-state index contributed by atoms with van der Waals surface area (Å²) < 4.78 is 34.1. The van der Waals surface area contributed by atoms with Gasteiger partial charge in [0, 0.05) is 29.6 Å². The van der Waals surface area contributed by atoms with Gasteiger partial charge in [-0.05, 0) is 37.0 Å². The van der Waals surface area contributed by atoms with Crippen LogP contribution in [0.1, 0.15) is 59.8 Å². The summed E-state index contributed by atoms with van der Waals surface area (Å²) in [6.45, 7) is 8.11. The fourth-order valence-electron chi connectivity index (χ4n) is 8.62. The van der Waals surface area contributed by atoms with Gasteiger partial charge in [0.1, 0.15) is 6.23 Å². The maximum atomic E-state index is 13.5. The highest BCUT2D eigenvalue weighted by Crippen LogP contribution is 2.68. The maximum Gasteiger partial charge on any atom is 0.225 e. The molecule has 5 rings (SSSR count). The highest BCUT2D eigenvalue weighted by molar-refractivity contribution is 7.88. The second-order valence-corrected chi connectivity index (χ2v) is 14.2. The van der Waals surface area contributed by atoms with Crippen LogP contribution in [0.2, 0.25) is 0 Å². The third kappa shape index (κ3) is 3.21. The van der Waals surface area contributed by atoms with Gasteiger partial charge in [0.25, 0.3) is 0 Å². The molecule has 3 saturated carbocycles. The van der Waals surface area contributed by atoms with Crippen molar-refractivity contribution in [1.82, 2.24) is 10.0 Å². The number of Topliss-reactive ketones (excluding diaryl/α,β-unsaturated/α-hetero) is 1. The fourth-order valence-corrected chi connectivity index (χ4v) is 9.33. The smallest absolute Gasteiger partial charge is 0.225 e. The van der Waals surface area contributed by atoms with Crippen molar-refractivity contribution in [3.63, 3.8) is 0 Å². The molecule has 0 aromatic carbocycles. The van der Waals surface area contributed by atoms with Gasteiger partial charge in [-0.15, -0.1) is 0 Å². The average Bonchev–Trinajstić information content (AvgIpc) is 2.98. The predicted molar refractivity (Wildman–Crippen MR) is 123 cm³/mol. The summed E-state index contributed by atoms with van der Waals surface area (Å²) in [6, 6.07) is -0.917. The molecule has 10 heteroatoms. The van der Waals surface area contributed by atoms with Gasteiger partial charge in [0.05, 0.1) is 36.0 Å². The number of sulfonamides is 1. The lowest BCUT2D eigenvalue weighted by molar-refractivity contribution is -0.328. The van der Waals surface area contributed by atoms with Crippen LogP contribution in [0.5, 0.6) is 0 Å². The molecule has 0 aromatic heterocycles. The lowest BCUT2D eigenvalue weighted by Crippen LogP contribution is -2.75. The van der Waals surface area contributed by atoms with Crippen molar-refractivity contribution in [2.45, 2.75) is 89.9 Å². The summed E-state index contributed by atoms with van der Waals surface area (Å²) in [5, 5.41) is 24.5. The van der Waals surface area contributed by atoms with Gasteiger partial charge in [-0.3, -0.25) is 9.59 Å². The summed E-state index contributed by atoms with van der Waals surface area (Å²) in [5.41, 5.74) is -2.08. The number of amides is 1. The van der Waals surface area contributed by atoms with Crippen molar-refractivity contribution in [1.29, 1.82) is 0 Å². The number of rotatable bonds is 2. The molecule has 34 heavy (non-hydrogen) atoms. The summed E-state index contributed by atoms with van der Waals surface area (Å²) in [7, 11) is -3.64. The molecule has 0 aromatic rings. The quantitative estimate of drug-likeness (QED) is 0.435. The summed E-state index contributed by atoms with van der Waals surface area (Å²) in [4.78, 5) is 26.0. The van der Waals surface area contributed by atoms with Crippen LogP contribution in [0, 0.1) is 40.4 Å². The molecule has 2 heterocycles. The molecule has 3 aliphatic carbocycles. The zero-order valence-corrected chi connectivity index (χ0v) is 21.4. The number of aliphatic hydroxyl groups excluding tert-OH is 2. The van der Waals surface area contributed by atoms with Crippen LogP contribution in [0.15, 0.2) is 0 Å². The lowest BCUT2D eigenvalue weighted by Gasteiger charge is -2.70. The minimum atomic E-state index is -3.64. The molecule has 0 bridgehead atoms. The topological polar surface area (TPSA) is 142 Å². The lowest BCUT2D eigenvalue weighted by atomic mass is 9.42. The molecular weight excluding hydrogens is 460 g/mol. The number of nitrogens with one attached hydrogen (secondary N) is 2. The first-order valence-electron chi connectivity index (χ1n) is 12.5. The zero-order valence-electron chi connectivity index (χ0n) is 20.6. The van der Waals surface area contributed by atoms with Crippen LogP contribution in [0.25, 0.3) is 0 Å². The summed E-state index contributed by atoms with van der Waals surface area (Å²) in [6.07, 6.45) is 1.54. The van der Waals surface area contributed by atoms with Crippen molar-refractivity contribution >= 4 is 21.7 Å². The van der Waals surface area contributed by atoms with Gasteiger partial charge < -0.3 is 20.3 Å². The van der Waals surface area contributed by atoms with Gasteiger partial charge >= 0.3 is 0 Å². The van der Waals surface area contributed by atoms with Crippen LogP contribution < -0.4 is 10.0 Å². The van der Waals surface area contributed by atoms with E-state index in [1.165, 1.54) is 0 Å². The van der Waals surface area contributed by atoms with E-state index in [0.717, 1.165) is 19.1 Å². The number of ether oxygens (including phenoxy) is 1. The van der Waals surface area contributed by atoms with E-state index >= 15 is 0 Å². The van der Waals surface area contributed by atoms with Crippen LogP contribution in [-0.4, -0.2) is 66.7 Å². The van der Waals surface area contributed by atoms with Crippen molar-refractivity contribution < 1.29 is 33.0 Å². The number of aliphatic hydroxyl groups is 2. The highest BCUT2D eigenvalue weighted by Gasteiger charge is 2.72. The van der Waals surface area contributed by atoms with E-state index in [2.05, 4.69) is 23.9 Å². The molecule has 4 N–H and O–H groups in total. The van der Waals surface area contributed by atoms with E-state index < -0.39 is 62.8 Å². The number of carbonyl (C=O) groups is 2. The van der Waals surface area contributed by atoms with E-state index in [4.69, 9.17) is 4.74 Å². The number of hydrogen-bond donors (Lipinski definition) is 4. The normalized spacial score (nSPS) is 52.1. The molecule has 11 atom stereocenters. The first kappa shape index (κ1) is 24.6. The minimum Gasteiger partial charge on any atom is -0.393 e. The third-order valence-corrected chi connectivity index (χ3v) is 11.2. The molecule has 9 nitrogen and oxygen atoms in total. The van der Waals surface area contributed by atoms with E-state index in [0.29, 0.717) is 12.8 Å². The third-order valence-electron chi connectivity index (χ3n) is 10.4. The second-order valence-electron chi connectivity index (χ2n) is 12.5. The van der Waals surface area contributed by atoms with Crippen LogP contribution in [-0.2, 0) is 24.3 Å². The second kappa shape index (κ2) is 7.47. The molecular formula is C24H38N2O7S. The standard InChI is InChI=1S/C24H38N2O7S/c1-11-6-7-16-22(2,3)19(28)14(26-34(5,31)32)10-24(16)23(11,4)9-13-15(27)8-12-17(18(13)33-24)21(30)25-20(12)29/h11-18,21,26-27,30H,6-10H2,1-5H3,(H,25,29). The first-order valence-corrected chi connectivity index (χ1v) is 14.4. The molecule has 5 fully saturated rings. The Labute approximate surface area is 201 Å². The van der Waals surface area contributed by atoms with Gasteiger partial charge in [-0.2, -0.15) is 0 Å². The molecule has 5 aliphatic rings. The van der Waals surface area contributed by atoms with Crippen LogP contribution >= 0.6 is 0 Å². The molecule has 11 unspecified atom stereocenters. The molecule has 192 valence electrons. The number of carbonyl (C=O) groups excluding carboxylic acids is 2.